The van der Waals surface area contributed by atoms with Crippen LogP contribution in [0.4, 0.5) is 13.2 Å². The van der Waals surface area contributed by atoms with Crippen molar-refractivity contribution in [3.05, 3.63) is 0 Å². The molecule has 0 spiro atoms. The Labute approximate surface area is 99.9 Å². The van der Waals surface area contributed by atoms with Gasteiger partial charge in [0.2, 0.25) is 0 Å². The molecule has 1 rings (SSSR count). The van der Waals surface area contributed by atoms with Crippen LogP contribution in [0.3, 0.4) is 0 Å². The monoisotopic (exact) mass is 254 g/mol. The highest BCUT2D eigenvalue weighted by Gasteiger charge is 2.46. The number of rotatable bonds is 5. The Bertz CT molecular complexity index is 235. The van der Waals surface area contributed by atoms with Crippen LogP contribution >= 0.6 is 0 Å². The van der Waals surface area contributed by atoms with Crippen molar-refractivity contribution in [3.8, 4) is 0 Å². The summed E-state index contributed by atoms with van der Waals surface area (Å²) in [5, 5.41) is 3.14. The second-order valence-corrected chi connectivity index (χ2v) is 4.74. The molecule has 0 heterocycles. The molecule has 0 aliphatic heterocycles. The zero-order valence-electron chi connectivity index (χ0n) is 10.1. The molecular weight excluding hydrogens is 233 g/mol. The van der Waals surface area contributed by atoms with E-state index in [-0.39, 0.29) is 19.4 Å². The molecular formula is C11H21F3N2O. The number of nitrogens with one attached hydrogen (secondary N) is 1. The molecule has 0 amide bonds. The largest absolute Gasteiger partial charge is 0.391 e. The van der Waals surface area contributed by atoms with E-state index in [1.807, 2.05) is 0 Å². The van der Waals surface area contributed by atoms with Gasteiger partial charge in [-0.2, -0.15) is 13.2 Å². The minimum atomic E-state index is -4.11. The lowest BCUT2D eigenvalue weighted by Gasteiger charge is -2.41. The molecule has 0 aromatic carbocycles. The molecule has 1 aliphatic carbocycles. The van der Waals surface area contributed by atoms with Crippen LogP contribution in [0.1, 0.15) is 25.7 Å². The Morgan fingerprint density at radius 2 is 2.18 bits per heavy atom. The van der Waals surface area contributed by atoms with E-state index in [1.165, 1.54) is 0 Å². The Morgan fingerprint density at radius 3 is 2.71 bits per heavy atom. The molecule has 0 radical (unpaired) electrons. The molecule has 0 aromatic rings. The standard InChI is InChI=1S/C11H21F3N2O/c1-17-6-5-16-10(8-15)4-2-3-9(7-10)11(12,13)14/h9,16H,2-8,15H2,1H3. The Kier molecular flexibility index (Phi) is 5.22. The summed E-state index contributed by atoms with van der Waals surface area (Å²) in [7, 11) is 1.57. The van der Waals surface area contributed by atoms with Crippen molar-refractivity contribution < 1.29 is 17.9 Å². The fourth-order valence-corrected chi connectivity index (χ4v) is 2.48. The molecule has 1 aliphatic rings. The molecule has 6 heteroatoms. The zero-order chi connectivity index (χ0) is 12.9. The minimum absolute atomic E-state index is 0.0801. The molecule has 3 nitrogen and oxygen atoms in total. The number of halogens is 3. The number of nitrogens with two attached hydrogens (primary N) is 1. The predicted molar refractivity (Wildman–Crippen MR) is 59.7 cm³/mol. The second-order valence-electron chi connectivity index (χ2n) is 4.74. The van der Waals surface area contributed by atoms with Gasteiger partial charge < -0.3 is 15.8 Å². The van der Waals surface area contributed by atoms with E-state index < -0.39 is 17.6 Å². The summed E-state index contributed by atoms with van der Waals surface area (Å²) in [6, 6.07) is 0. The summed E-state index contributed by atoms with van der Waals surface area (Å²) >= 11 is 0. The number of hydrogen-bond donors (Lipinski definition) is 2. The number of methoxy groups -OCH3 is 1. The molecule has 0 aromatic heterocycles. The van der Waals surface area contributed by atoms with Gasteiger partial charge in [-0.3, -0.25) is 0 Å². The van der Waals surface area contributed by atoms with Crippen molar-refractivity contribution in [2.75, 3.05) is 26.8 Å². The van der Waals surface area contributed by atoms with Gasteiger partial charge in [-0.05, 0) is 19.3 Å². The minimum Gasteiger partial charge on any atom is -0.383 e. The fraction of sp³-hybridized carbons (Fsp3) is 1.00. The van der Waals surface area contributed by atoms with Gasteiger partial charge in [-0.15, -0.1) is 0 Å². The maximum absolute atomic E-state index is 12.7. The normalized spacial score (nSPS) is 30.5. The molecule has 17 heavy (non-hydrogen) atoms. The van der Waals surface area contributed by atoms with Crippen LogP contribution in [-0.4, -0.2) is 38.5 Å². The zero-order valence-corrected chi connectivity index (χ0v) is 10.1. The quantitative estimate of drug-likeness (QED) is 0.734. The van der Waals surface area contributed by atoms with Gasteiger partial charge in [0.05, 0.1) is 12.5 Å². The van der Waals surface area contributed by atoms with Crippen LogP contribution in [0, 0.1) is 5.92 Å². The van der Waals surface area contributed by atoms with Crippen LogP contribution in [0.25, 0.3) is 0 Å². The lowest BCUT2D eigenvalue weighted by Crippen LogP contribution is -2.56. The first-order valence-corrected chi connectivity index (χ1v) is 5.94. The van der Waals surface area contributed by atoms with Crippen LogP contribution in [0.5, 0.6) is 0 Å². The third-order valence-corrected chi connectivity index (χ3v) is 3.50. The highest BCUT2D eigenvalue weighted by molar-refractivity contribution is 4.96. The van der Waals surface area contributed by atoms with Crippen LogP contribution in [0.2, 0.25) is 0 Å². The lowest BCUT2D eigenvalue weighted by atomic mass is 9.75. The van der Waals surface area contributed by atoms with E-state index in [0.29, 0.717) is 26.0 Å². The highest BCUT2D eigenvalue weighted by atomic mass is 19.4. The van der Waals surface area contributed by atoms with Gasteiger partial charge >= 0.3 is 6.18 Å². The highest BCUT2D eigenvalue weighted by Crippen LogP contribution is 2.41. The summed E-state index contributed by atoms with van der Waals surface area (Å²) in [5.41, 5.74) is 5.08. The number of ether oxygens (including phenoxy) is 1. The Morgan fingerprint density at radius 1 is 1.47 bits per heavy atom. The van der Waals surface area contributed by atoms with Gasteiger partial charge in [-0.1, -0.05) is 6.42 Å². The smallest absolute Gasteiger partial charge is 0.383 e. The average Bonchev–Trinajstić information content (AvgIpc) is 2.29. The maximum atomic E-state index is 12.7. The summed E-state index contributed by atoms with van der Waals surface area (Å²) < 4.78 is 43.0. The van der Waals surface area contributed by atoms with E-state index in [9.17, 15) is 13.2 Å². The summed E-state index contributed by atoms with van der Waals surface area (Å²) in [6.07, 6.45) is -2.53. The predicted octanol–water partition coefficient (Wildman–Crippen LogP) is 1.67. The molecule has 0 bridgehead atoms. The molecule has 1 saturated carbocycles. The van der Waals surface area contributed by atoms with Crippen molar-refractivity contribution in [3.63, 3.8) is 0 Å². The molecule has 2 unspecified atom stereocenters. The molecule has 2 atom stereocenters. The van der Waals surface area contributed by atoms with Crippen molar-refractivity contribution in [2.45, 2.75) is 37.4 Å². The van der Waals surface area contributed by atoms with Gasteiger partial charge in [0.15, 0.2) is 0 Å². The van der Waals surface area contributed by atoms with Crippen molar-refractivity contribution in [1.82, 2.24) is 5.32 Å². The van der Waals surface area contributed by atoms with Crippen molar-refractivity contribution in [2.24, 2.45) is 11.7 Å². The average molecular weight is 254 g/mol. The Hall–Kier alpha value is -0.330. The molecule has 102 valence electrons. The number of hydrogen-bond acceptors (Lipinski definition) is 3. The molecule has 0 saturated heterocycles. The molecule has 1 fully saturated rings. The van der Waals surface area contributed by atoms with Gasteiger partial charge in [-0.25, -0.2) is 0 Å². The topological polar surface area (TPSA) is 47.3 Å². The van der Waals surface area contributed by atoms with E-state index in [4.69, 9.17) is 10.5 Å². The summed E-state index contributed by atoms with van der Waals surface area (Å²) in [4.78, 5) is 0. The SMILES string of the molecule is COCCNC1(CN)CCCC(C(F)(F)F)C1. The second kappa shape index (κ2) is 6.02. The van der Waals surface area contributed by atoms with E-state index in [2.05, 4.69) is 5.32 Å². The third-order valence-electron chi connectivity index (χ3n) is 3.50. The van der Waals surface area contributed by atoms with E-state index >= 15 is 0 Å². The van der Waals surface area contributed by atoms with Crippen molar-refractivity contribution >= 4 is 0 Å². The summed E-state index contributed by atoms with van der Waals surface area (Å²) in [5.74, 6) is -1.23. The van der Waals surface area contributed by atoms with E-state index in [1.54, 1.807) is 7.11 Å². The van der Waals surface area contributed by atoms with E-state index in [0.717, 1.165) is 0 Å². The van der Waals surface area contributed by atoms with Crippen molar-refractivity contribution in [1.29, 1.82) is 0 Å². The third kappa shape index (κ3) is 4.12. The van der Waals surface area contributed by atoms with Gasteiger partial charge in [0.25, 0.3) is 0 Å². The first-order chi connectivity index (χ1) is 7.93. The molecule has 3 N–H and O–H groups in total. The summed E-state index contributed by atoms with van der Waals surface area (Å²) in [6.45, 7) is 1.26. The lowest BCUT2D eigenvalue weighted by molar-refractivity contribution is -0.188. The maximum Gasteiger partial charge on any atom is 0.391 e. The fourth-order valence-electron chi connectivity index (χ4n) is 2.48. The number of alkyl halides is 3. The Balaban J connectivity index is 2.59. The first-order valence-electron chi connectivity index (χ1n) is 5.94. The van der Waals surface area contributed by atoms with Crippen LogP contribution < -0.4 is 11.1 Å². The van der Waals surface area contributed by atoms with Crippen LogP contribution in [0.15, 0.2) is 0 Å². The first kappa shape index (κ1) is 14.7. The van der Waals surface area contributed by atoms with Gasteiger partial charge in [0.1, 0.15) is 0 Å². The van der Waals surface area contributed by atoms with Crippen LogP contribution in [-0.2, 0) is 4.74 Å². The van der Waals surface area contributed by atoms with Gasteiger partial charge in [0, 0.05) is 25.7 Å².